The largest absolute Gasteiger partial charge is 0.465 e. The molecule has 7 nitrogen and oxygen atoms in total. The highest BCUT2D eigenvalue weighted by Crippen LogP contribution is 2.34. The number of aryl methyl sites for hydroxylation is 1. The molecule has 1 fully saturated rings. The summed E-state index contributed by atoms with van der Waals surface area (Å²) in [6.45, 7) is 1.90. The van der Waals surface area contributed by atoms with Crippen LogP contribution in [0.4, 0.5) is 16.2 Å². The third-order valence-electron chi connectivity index (χ3n) is 6.19. The van der Waals surface area contributed by atoms with E-state index < -0.39 is 23.8 Å². The number of benzene rings is 4. The molecular formula is C30H22N2O5. The van der Waals surface area contributed by atoms with Crippen LogP contribution in [-0.2, 0) is 14.3 Å². The zero-order valence-electron chi connectivity index (χ0n) is 20.2. The number of nitrogens with zero attached hydrogens (tertiary/aromatic N) is 2. The molecule has 0 bridgehead atoms. The number of rotatable bonds is 4. The summed E-state index contributed by atoms with van der Waals surface area (Å²) in [5, 5.41) is 1.55. The SMILES string of the molecule is COC(=O)c1ccc(/C=C2\C(=O)N(c3ccc(C)cc3)C(=O)N(c3cccc4ccccc34)C2=O)cc1. The van der Waals surface area contributed by atoms with Gasteiger partial charge in [0.15, 0.2) is 0 Å². The standard InChI is InChI=1S/C30H22N2O5/c1-19-10-16-23(17-11-19)31-27(33)25(18-20-12-14-22(15-13-20)29(35)37-2)28(34)32(30(31)36)26-9-5-7-21-6-3-4-8-24(21)26/h3-18H,1-2H3/b25-18+. The fraction of sp³-hybridized carbons (Fsp3) is 0.0667. The quantitative estimate of drug-likeness (QED) is 0.214. The minimum absolute atomic E-state index is 0.182. The maximum absolute atomic E-state index is 13.8. The average molecular weight is 491 g/mol. The number of carbonyl (C=O) groups excluding carboxylic acids is 4. The molecule has 4 amide bonds. The summed E-state index contributed by atoms with van der Waals surface area (Å²) >= 11 is 0. The van der Waals surface area contributed by atoms with E-state index in [1.165, 1.54) is 13.2 Å². The Bertz CT molecular complexity index is 1580. The Morgan fingerprint density at radius 3 is 2.11 bits per heavy atom. The van der Waals surface area contributed by atoms with Gasteiger partial charge in [0.05, 0.1) is 24.0 Å². The topological polar surface area (TPSA) is 84.0 Å². The summed E-state index contributed by atoms with van der Waals surface area (Å²) in [6.07, 6.45) is 1.43. The van der Waals surface area contributed by atoms with E-state index in [1.54, 1.807) is 60.7 Å². The first-order valence-corrected chi connectivity index (χ1v) is 11.6. The number of imide groups is 2. The number of hydrogen-bond acceptors (Lipinski definition) is 5. The first-order valence-electron chi connectivity index (χ1n) is 11.6. The van der Waals surface area contributed by atoms with Crippen LogP contribution in [0.15, 0.2) is 96.6 Å². The summed E-state index contributed by atoms with van der Waals surface area (Å²) in [6, 6.07) is 25.2. The number of ether oxygens (including phenoxy) is 1. The van der Waals surface area contributed by atoms with Crippen LogP contribution in [-0.4, -0.2) is 30.9 Å². The van der Waals surface area contributed by atoms with Gasteiger partial charge < -0.3 is 4.74 Å². The lowest BCUT2D eigenvalue weighted by Gasteiger charge is -2.34. The van der Waals surface area contributed by atoms with Crippen molar-refractivity contribution in [2.24, 2.45) is 0 Å². The van der Waals surface area contributed by atoms with Gasteiger partial charge >= 0.3 is 12.0 Å². The van der Waals surface area contributed by atoms with Gasteiger partial charge in [0.25, 0.3) is 11.8 Å². The van der Waals surface area contributed by atoms with Crippen LogP contribution in [0.1, 0.15) is 21.5 Å². The molecule has 4 aromatic rings. The molecule has 0 atom stereocenters. The summed E-state index contributed by atoms with van der Waals surface area (Å²) in [7, 11) is 1.29. The number of fused-ring (bicyclic) bond motifs is 1. The third kappa shape index (κ3) is 4.27. The monoisotopic (exact) mass is 490 g/mol. The minimum atomic E-state index is -0.756. The zero-order valence-corrected chi connectivity index (χ0v) is 20.2. The lowest BCUT2D eigenvalue weighted by atomic mass is 10.0. The smallest absolute Gasteiger partial charge is 0.343 e. The van der Waals surface area contributed by atoms with E-state index >= 15 is 0 Å². The number of esters is 1. The van der Waals surface area contributed by atoms with E-state index in [1.807, 2.05) is 37.3 Å². The van der Waals surface area contributed by atoms with E-state index in [4.69, 9.17) is 4.74 Å². The highest BCUT2D eigenvalue weighted by Gasteiger charge is 2.44. The van der Waals surface area contributed by atoms with Crippen LogP contribution in [0, 0.1) is 6.92 Å². The Kier molecular flexibility index (Phi) is 6.11. The van der Waals surface area contributed by atoms with E-state index in [-0.39, 0.29) is 5.57 Å². The second-order valence-corrected chi connectivity index (χ2v) is 8.57. The van der Waals surface area contributed by atoms with Crippen molar-refractivity contribution in [2.45, 2.75) is 6.92 Å². The molecule has 1 heterocycles. The van der Waals surface area contributed by atoms with Crippen LogP contribution in [0.2, 0.25) is 0 Å². The molecule has 0 radical (unpaired) electrons. The number of urea groups is 1. The van der Waals surface area contributed by atoms with Crippen molar-refractivity contribution in [3.63, 3.8) is 0 Å². The summed E-state index contributed by atoms with van der Waals surface area (Å²) in [5.74, 6) is -1.96. The van der Waals surface area contributed by atoms with Crippen molar-refractivity contribution in [1.29, 1.82) is 0 Å². The fourth-order valence-electron chi connectivity index (χ4n) is 4.27. The molecule has 0 aliphatic carbocycles. The Hall–Kier alpha value is -5.04. The molecule has 37 heavy (non-hydrogen) atoms. The van der Waals surface area contributed by atoms with Gasteiger partial charge in [-0.15, -0.1) is 0 Å². The van der Waals surface area contributed by atoms with Gasteiger partial charge in [-0.3, -0.25) is 9.59 Å². The van der Waals surface area contributed by atoms with Crippen molar-refractivity contribution in [1.82, 2.24) is 0 Å². The molecule has 182 valence electrons. The van der Waals surface area contributed by atoms with Gasteiger partial charge in [-0.25, -0.2) is 19.4 Å². The Morgan fingerprint density at radius 2 is 1.41 bits per heavy atom. The maximum atomic E-state index is 13.8. The number of anilines is 2. The molecule has 1 aliphatic heterocycles. The van der Waals surface area contributed by atoms with Gasteiger partial charge in [-0.2, -0.15) is 0 Å². The Morgan fingerprint density at radius 1 is 0.757 bits per heavy atom. The second-order valence-electron chi connectivity index (χ2n) is 8.57. The molecule has 0 spiro atoms. The zero-order chi connectivity index (χ0) is 26.1. The highest BCUT2D eigenvalue weighted by atomic mass is 16.5. The summed E-state index contributed by atoms with van der Waals surface area (Å²) < 4.78 is 4.73. The van der Waals surface area contributed by atoms with Gasteiger partial charge in [0.1, 0.15) is 5.57 Å². The number of amides is 4. The van der Waals surface area contributed by atoms with Crippen molar-refractivity contribution >= 4 is 52.0 Å². The van der Waals surface area contributed by atoms with Crippen molar-refractivity contribution in [3.8, 4) is 0 Å². The summed E-state index contributed by atoms with van der Waals surface area (Å²) in [5.41, 5.74) is 2.36. The van der Waals surface area contributed by atoms with E-state index in [0.29, 0.717) is 27.9 Å². The Balaban J connectivity index is 1.66. The molecule has 7 heteroatoms. The predicted molar refractivity (Wildman–Crippen MR) is 141 cm³/mol. The molecule has 5 rings (SSSR count). The van der Waals surface area contributed by atoms with Gasteiger partial charge in [-0.1, -0.05) is 66.2 Å². The van der Waals surface area contributed by atoms with Crippen LogP contribution < -0.4 is 9.80 Å². The molecule has 0 unspecified atom stereocenters. The average Bonchev–Trinajstić information content (AvgIpc) is 2.92. The lowest BCUT2D eigenvalue weighted by molar-refractivity contribution is -0.121. The van der Waals surface area contributed by atoms with E-state index in [2.05, 4.69) is 0 Å². The van der Waals surface area contributed by atoms with Crippen molar-refractivity contribution < 1.29 is 23.9 Å². The maximum Gasteiger partial charge on any atom is 0.343 e. The normalized spacial score (nSPS) is 15.0. The first kappa shape index (κ1) is 23.7. The fourth-order valence-corrected chi connectivity index (χ4v) is 4.27. The number of carbonyl (C=O) groups is 4. The highest BCUT2D eigenvalue weighted by molar-refractivity contribution is 6.46. The van der Waals surface area contributed by atoms with Crippen molar-refractivity contribution in [3.05, 3.63) is 113 Å². The number of hydrogen-bond donors (Lipinski definition) is 0. The molecule has 4 aromatic carbocycles. The van der Waals surface area contributed by atoms with Crippen molar-refractivity contribution in [2.75, 3.05) is 16.9 Å². The number of methoxy groups -OCH3 is 1. The summed E-state index contributed by atoms with van der Waals surface area (Å²) in [4.78, 5) is 55.0. The molecule has 1 saturated heterocycles. The molecule has 0 N–H and O–H groups in total. The molecule has 1 aliphatic rings. The van der Waals surface area contributed by atoms with Crippen LogP contribution >= 0.6 is 0 Å². The third-order valence-corrected chi connectivity index (χ3v) is 6.19. The van der Waals surface area contributed by atoms with Gasteiger partial charge in [-0.05, 0) is 54.3 Å². The second kappa shape index (κ2) is 9.54. The van der Waals surface area contributed by atoms with Crippen LogP contribution in [0.5, 0.6) is 0 Å². The molecular weight excluding hydrogens is 468 g/mol. The van der Waals surface area contributed by atoms with Crippen LogP contribution in [0.25, 0.3) is 16.8 Å². The van der Waals surface area contributed by atoms with Crippen LogP contribution in [0.3, 0.4) is 0 Å². The van der Waals surface area contributed by atoms with Gasteiger partial charge in [0.2, 0.25) is 0 Å². The minimum Gasteiger partial charge on any atom is -0.465 e. The molecule has 0 aromatic heterocycles. The van der Waals surface area contributed by atoms with Gasteiger partial charge in [0, 0.05) is 5.39 Å². The Labute approximate surface area is 213 Å². The lowest BCUT2D eigenvalue weighted by Crippen LogP contribution is -2.57. The predicted octanol–water partition coefficient (Wildman–Crippen LogP) is 5.52. The van der Waals surface area contributed by atoms with E-state index in [0.717, 1.165) is 20.7 Å². The number of barbiturate groups is 1. The molecule has 0 saturated carbocycles. The van der Waals surface area contributed by atoms with E-state index in [9.17, 15) is 19.2 Å². The first-order chi connectivity index (χ1) is 17.9.